The standard InChI is InChI=1S/C21H21FN6O3S/c1-31-17-6-2-15(3-7-17)14-23-19-10-11-20-25-26-21(28(20)27-19)12-13-24-32(29,30)18-8-4-16(22)5-9-18/h2-11,24H,12-14H2,1H3,(H,23,27). The SMILES string of the molecule is COc1ccc(CNc2ccc3nnc(CCNS(=O)(=O)c4ccc(F)cc4)n3n2)cc1. The number of fused-ring (bicyclic) bond motifs is 1. The van der Waals surface area contributed by atoms with Crippen LogP contribution in [0.1, 0.15) is 11.4 Å². The van der Waals surface area contributed by atoms with Gasteiger partial charge in [-0.25, -0.2) is 17.5 Å². The van der Waals surface area contributed by atoms with Gasteiger partial charge in [0.2, 0.25) is 10.0 Å². The fraction of sp³-hybridized carbons (Fsp3) is 0.190. The second-order valence-electron chi connectivity index (χ2n) is 6.91. The molecule has 0 saturated carbocycles. The highest BCUT2D eigenvalue weighted by atomic mass is 32.2. The smallest absolute Gasteiger partial charge is 0.240 e. The van der Waals surface area contributed by atoms with Gasteiger partial charge in [0.25, 0.3) is 0 Å². The molecule has 0 aliphatic rings. The molecule has 0 radical (unpaired) electrons. The lowest BCUT2D eigenvalue weighted by molar-refractivity contribution is 0.414. The van der Waals surface area contributed by atoms with Crippen LogP contribution in [0, 0.1) is 5.82 Å². The van der Waals surface area contributed by atoms with Crippen molar-refractivity contribution in [2.75, 3.05) is 19.0 Å². The molecule has 4 rings (SSSR count). The summed E-state index contributed by atoms with van der Waals surface area (Å²) in [6, 6.07) is 15.9. The molecule has 9 nitrogen and oxygen atoms in total. The normalized spacial score (nSPS) is 11.6. The lowest BCUT2D eigenvalue weighted by Gasteiger charge is -2.08. The molecule has 0 atom stereocenters. The third-order valence-corrected chi connectivity index (χ3v) is 6.20. The number of methoxy groups -OCH3 is 1. The monoisotopic (exact) mass is 456 g/mol. The molecule has 4 aromatic rings. The summed E-state index contributed by atoms with van der Waals surface area (Å²) in [6.45, 7) is 0.656. The van der Waals surface area contributed by atoms with E-state index in [1.807, 2.05) is 24.3 Å². The third-order valence-electron chi connectivity index (χ3n) is 4.72. The zero-order valence-corrected chi connectivity index (χ0v) is 18.0. The van der Waals surface area contributed by atoms with E-state index in [0.717, 1.165) is 23.4 Å². The van der Waals surface area contributed by atoms with Crippen LogP contribution >= 0.6 is 0 Å². The fourth-order valence-corrected chi connectivity index (χ4v) is 4.05. The Labute approximate surface area is 184 Å². The second-order valence-corrected chi connectivity index (χ2v) is 8.68. The number of nitrogens with zero attached hydrogens (tertiary/aromatic N) is 4. The van der Waals surface area contributed by atoms with E-state index in [-0.39, 0.29) is 17.9 Å². The average molecular weight is 457 g/mol. The van der Waals surface area contributed by atoms with Crippen molar-refractivity contribution in [2.45, 2.75) is 17.9 Å². The van der Waals surface area contributed by atoms with Gasteiger partial charge in [0.15, 0.2) is 11.5 Å². The zero-order valence-electron chi connectivity index (χ0n) is 17.2. The van der Waals surface area contributed by atoms with Gasteiger partial charge in [-0.2, -0.15) is 4.52 Å². The largest absolute Gasteiger partial charge is 0.497 e. The summed E-state index contributed by atoms with van der Waals surface area (Å²) in [5.41, 5.74) is 1.61. The number of sulfonamides is 1. The van der Waals surface area contributed by atoms with Gasteiger partial charge in [-0.3, -0.25) is 0 Å². The Morgan fingerprint density at radius 3 is 2.47 bits per heavy atom. The maximum Gasteiger partial charge on any atom is 0.240 e. The minimum absolute atomic E-state index is 0.00635. The maximum absolute atomic E-state index is 13.0. The van der Waals surface area contributed by atoms with Crippen molar-refractivity contribution in [1.29, 1.82) is 0 Å². The molecule has 2 heterocycles. The molecule has 0 spiro atoms. The molecule has 2 aromatic heterocycles. The summed E-state index contributed by atoms with van der Waals surface area (Å²) in [6.07, 6.45) is 0.274. The number of benzene rings is 2. The van der Waals surface area contributed by atoms with Crippen LogP contribution in [0.25, 0.3) is 5.65 Å². The summed E-state index contributed by atoms with van der Waals surface area (Å²) < 4.78 is 46.9. The first kappa shape index (κ1) is 21.7. The van der Waals surface area contributed by atoms with Gasteiger partial charge in [-0.05, 0) is 54.1 Å². The van der Waals surface area contributed by atoms with Crippen LogP contribution in [0.4, 0.5) is 10.2 Å². The summed E-state index contributed by atoms with van der Waals surface area (Å²) in [4.78, 5) is -0.00635. The molecule has 0 bridgehead atoms. The fourth-order valence-electron chi connectivity index (χ4n) is 3.01. The summed E-state index contributed by atoms with van der Waals surface area (Å²) >= 11 is 0. The predicted octanol–water partition coefficient (Wildman–Crippen LogP) is 2.41. The van der Waals surface area contributed by atoms with Gasteiger partial charge in [0.1, 0.15) is 17.4 Å². The molecule has 0 aliphatic carbocycles. The Balaban J connectivity index is 1.40. The topological polar surface area (TPSA) is 111 Å². The average Bonchev–Trinajstić information content (AvgIpc) is 3.20. The van der Waals surface area contributed by atoms with Gasteiger partial charge in [0, 0.05) is 19.5 Å². The number of aromatic nitrogens is 4. The van der Waals surface area contributed by atoms with Crippen LogP contribution in [0.3, 0.4) is 0 Å². The quantitative estimate of drug-likeness (QED) is 0.398. The van der Waals surface area contributed by atoms with Gasteiger partial charge in [-0.1, -0.05) is 12.1 Å². The van der Waals surface area contributed by atoms with Crippen LogP contribution in [0.5, 0.6) is 5.75 Å². The van der Waals surface area contributed by atoms with Crippen molar-refractivity contribution < 1.29 is 17.5 Å². The molecule has 0 amide bonds. The number of anilines is 1. The van der Waals surface area contributed by atoms with Crippen LogP contribution in [-0.4, -0.2) is 41.9 Å². The Hall–Kier alpha value is -3.57. The molecule has 166 valence electrons. The summed E-state index contributed by atoms with van der Waals surface area (Å²) in [5, 5.41) is 15.9. The number of hydrogen-bond acceptors (Lipinski definition) is 7. The summed E-state index contributed by atoms with van der Waals surface area (Å²) in [7, 11) is -2.13. The van der Waals surface area contributed by atoms with Gasteiger partial charge in [0.05, 0.1) is 12.0 Å². The van der Waals surface area contributed by atoms with Crippen molar-refractivity contribution >= 4 is 21.5 Å². The Bertz CT molecular complexity index is 1310. The van der Waals surface area contributed by atoms with Gasteiger partial charge < -0.3 is 10.1 Å². The molecule has 32 heavy (non-hydrogen) atoms. The molecule has 0 aliphatic heterocycles. The van der Waals surface area contributed by atoms with Crippen molar-refractivity contribution in [3.63, 3.8) is 0 Å². The Morgan fingerprint density at radius 1 is 1.00 bits per heavy atom. The third kappa shape index (κ3) is 5.01. The molecule has 0 fully saturated rings. The zero-order chi connectivity index (χ0) is 22.6. The highest BCUT2D eigenvalue weighted by molar-refractivity contribution is 7.89. The van der Waals surface area contributed by atoms with E-state index in [4.69, 9.17) is 4.74 Å². The second kappa shape index (κ2) is 9.28. The van der Waals surface area contributed by atoms with E-state index >= 15 is 0 Å². The number of rotatable bonds is 9. The van der Waals surface area contributed by atoms with Gasteiger partial charge >= 0.3 is 0 Å². The van der Waals surface area contributed by atoms with Crippen molar-refractivity contribution in [3.8, 4) is 5.75 Å². The molecular formula is C21H21FN6O3S. The van der Waals surface area contributed by atoms with E-state index in [1.54, 1.807) is 23.8 Å². The Kier molecular flexibility index (Phi) is 6.28. The molecule has 11 heteroatoms. The Morgan fingerprint density at radius 2 is 1.75 bits per heavy atom. The first-order valence-corrected chi connectivity index (χ1v) is 11.3. The molecule has 2 N–H and O–H groups in total. The van der Waals surface area contributed by atoms with E-state index < -0.39 is 15.8 Å². The van der Waals surface area contributed by atoms with Crippen molar-refractivity contribution in [2.24, 2.45) is 0 Å². The molecule has 0 unspecified atom stereocenters. The number of ether oxygens (including phenoxy) is 1. The predicted molar refractivity (Wildman–Crippen MR) is 116 cm³/mol. The van der Waals surface area contributed by atoms with E-state index in [2.05, 4.69) is 25.3 Å². The van der Waals surface area contributed by atoms with Gasteiger partial charge in [-0.15, -0.1) is 15.3 Å². The van der Waals surface area contributed by atoms with Crippen molar-refractivity contribution in [1.82, 2.24) is 24.5 Å². The highest BCUT2D eigenvalue weighted by Gasteiger charge is 2.15. The molecule has 0 saturated heterocycles. The lowest BCUT2D eigenvalue weighted by Crippen LogP contribution is -2.26. The number of halogens is 1. The van der Waals surface area contributed by atoms with E-state index in [1.165, 1.54) is 12.1 Å². The number of hydrogen-bond donors (Lipinski definition) is 2. The van der Waals surface area contributed by atoms with Crippen LogP contribution in [0.2, 0.25) is 0 Å². The van der Waals surface area contributed by atoms with Crippen LogP contribution in [-0.2, 0) is 23.0 Å². The highest BCUT2D eigenvalue weighted by Crippen LogP contribution is 2.14. The minimum atomic E-state index is -3.75. The van der Waals surface area contributed by atoms with Crippen LogP contribution < -0.4 is 14.8 Å². The first-order chi connectivity index (χ1) is 15.4. The van der Waals surface area contributed by atoms with E-state index in [0.29, 0.717) is 23.8 Å². The lowest BCUT2D eigenvalue weighted by atomic mass is 10.2. The number of nitrogens with one attached hydrogen (secondary N) is 2. The van der Waals surface area contributed by atoms with E-state index in [9.17, 15) is 12.8 Å². The van der Waals surface area contributed by atoms with Crippen molar-refractivity contribution in [3.05, 3.63) is 77.9 Å². The summed E-state index contributed by atoms with van der Waals surface area (Å²) in [5.74, 6) is 1.43. The molecular weight excluding hydrogens is 435 g/mol. The maximum atomic E-state index is 13.0. The first-order valence-electron chi connectivity index (χ1n) is 9.78. The van der Waals surface area contributed by atoms with Crippen LogP contribution in [0.15, 0.2) is 65.6 Å². The molecule has 2 aromatic carbocycles. The minimum Gasteiger partial charge on any atom is -0.497 e.